The second-order valence-corrected chi connectivity index (χ2v) is 10.5. The average molecular weight is 538 g/mol. The second kappa shape index (κ2) is 10.1. The van der Waals surface area contributed by atoms with E-state index < -0.39 is 0 Å². The Morgan fingerprint density at radius 1 is 0.476 bits per heavy atom. The van der Waals surface area contributed by atoms with Gasteiger partial charge in [0, 0.05) is 35.3 Å². The van der Waals surface area contributed by atoms with Gasteiger partial charge in [0.25, 0.3) is 0 Å². The summed E-state index contributed by atoms with van der Waals surface area (Å²) in [5.74, 6) is 0. The van der Waals surface area contributed by atoms with Crippen molar-refractivity contribution in [1.82, 2.24) is 15.0 Å². The Kier molecular flexibility index (Phi) is 5.82. The molecule has 42 heavy (non-hydrogen) atoms. The molecule has 0 amide bonds. The van der Waals surface area contributed by atoms with Gasteiger partial charge in [-0.25, -0.2) is 0 Å². The van der Waals surface area contributed by atoms with E-state index in [4.69, 9.17) is 9.97 Å². The lowest BCUT2D eigenvalue weighted by Crippen LogP contribution is -1.96. The Morgan fingerprint density at radius 3 is 1.67 bits per heavy atom. The number of fused-ring (bicyclic) bond motifs is 6. The zero-order chi connectivity index (χ0) is 27.9. The Hall–Kier alpha value is -5.61. The summed E-state index contributed by atoms with van der Waals surface area (Å²) in [6, 6.07) is 36.4. The van der Waals surface area contributed by atoms with Crippen LogP contribution in [0.5, 0.6) is 0 Å². The summed E-state index contributed by atoms with van der Waals surface area (Å²) < 4.78 is 0. The first-order chi connectivity index (χ1) is 20.8. The minimum Gasteiger partial charge on any atom is -0.681 e. The molecule has 4 aromatic carbocycles. The average Bonchev–Trinajstić information content (AvgIpc) is 3.09. The molecule has 1 atom stereocenters. The summed E-state index contributed by atoms with van der Waals surface area (Å²) in [5.41, 5.74) is 7.06. The Bertz CT molecular complexity index is 2150. The summed E-state index contributed by atoms with van der Waals surface area (Å²) in [4.78, 5) is 14.1. The number of hydrogen-bond donors (Lipinski definition) is 0. The zero-order valence-electron chi connectivity index (χ0n) is 22.7. The Balaban J connectivity index is 1.25. The van der Waals surface area contributed by atoms with Gasteiger partial charge in [0.05, 0.1) is 17.1 Å². The third kappa shape index (κ3) is 4.21. The predicted molar refractivity (Wildman–Crippen MR) is 173 cm³/mol. The molecule has 0 radical (unpaired) electrons. The molecular weight excluding hydrogens is 512 g/mol. The highest BCUT2D eigenvalue weighted by Gasteiger charge is 2.12. The molecule has 0 bridgehead atoms. The molecule has 0 saturated heterocycles. The van der Waals surface area contributed by atoms with Crippen LogP contribution in [0.4, 0.5) is 0 Å². The fourth-order valence-electron chi connectivity index (χ4n) is 5.88. The topological polar surface area (TPSA) is 52.8 Å². The Labute approximate surface area is 243 Å². The molecule has 8 rings (SSSR count). The van der Waals surface area contributed by atoms with Gasteiger partial charge in [-0.15, -0.1) is 0 Å². The van der Waals surface area contributed by atoms with Crippen LogP contribution in [0.15, 0.2) is 146 Å². The number of pyridine rings is 3. The highest BCUT2D eigenvalue weighted by molar-refractivity contribution is 6.26. The van der Waals surface area contributed by atoms with Gasteiger partial charge < -0.3 is 5.32 Å². The molecule has 0 fully saturated rings. The summed E-state index contributed by atoms with van der Waals surface area (Å²) in [5, 5.41) is 11.9. The van der Waals surface area contributed by atoms with Crippen LogP contribution in [0.3, 0.4) is 0 Å². The van der Waals surface area contributed by atoms with Crippen LogP contribution in [0.1, 0.15) is 11.6 Å². The molecule has 7 aromatic rings. The van der Waals surface area contributed by atoms with E-state index >= 15 is 0 Å². The number of hydrogen-bond acceptors (Lipinski definition) is 3. The molecule has 0 aliphatic carbocycles. The van der Waals surface area contributed by atoms with E-state index in [1.54, 1.807) is 0 Å². The van der Waals surface area contributed by atoms with Crippen LogP contribution in [0.25, 0.3) is 71.4 Å². The standard InChI is InChI=1S/C38H25N4/c1-2-8-30-29(7-1)31-15-11-25(37-17-13-27(23-41-37)35-9-3-5-19-39-35)21-33(31)34-22-26(12-16-32(30)34)38-18-14-28(24-42-38)36-10-4-6-20-40-36/h1-24,35H/q-1. The molecule has 0 saturated carbocycles. The van der Waals surface area contributed by atoms with Crippen LogP contribution in [-0.4, -0.2) is 15.0 Å². The summed E-state index contributed by atoms with van der Waals surface area (Å²) >= 11 is 0. The first-order valence-corrected chi connectivity index (χ1v) is 14.1. The van der Waals surface area contributed by atoms with E-state index in [2.05, 4.69) is 101 Å². The molecule has 0 N–H and O–H groups in total. The maximum atomic E-state index is 4.84. The van der Waals surface area contributed by atoms with Crippen LogP contribution in [-0.2, 0) is 0 Å². The van der Waals surface area contributed by atoms with Crippen molar-refractivity contribution in [1.29, 1.82) is 0 Å². The lowest BCUT2D eigenvalue weighted by molar-refractivity contribution is 1.01. The maximum Gasteiger partial charge on any atom is 0.0717 e. The van der Waals surface area contributed by atoms with Gasteiger partial charge in [-0.2, -0.15) is 6.20 Å². The fraction of sp³-hybridized carbons (Fsp3) is 0.0263. The molecule has 1 aliphatic rings. The summed E-state index contributed by atoms with van der Waals surface area (Å²) in [7, 11) is 0. The van der Waals surface area contributed by atoms with Crippen molar-refractivity contribution in [3.05, 3.63) is 157 Å². The van der Waals surface area contributed by atoms with Crippen molar-refractivity contribution < 1.29 is 0 Å². The third-order valence-electron chi connectivity index (χ3n) is 8.02. The molecule has 4 nitrogen and oxygen atoms in total. The molecule has 3 aromatic heterocycles. The molecule has 198 valence electrons. The van der Waals surface area contributed by atoms with E-state index in [-0.39, 0.29) is 6.04 Å². The fourth-order valence-corrected chi connectivity index (χ4v) is 5.88. The molecule has 4 heterocycles. The number of allylic oxidation sites excluding steroid dienone is 2. The second-order valence-electron chi connectivity index (χ2n) is 10.5. The van der Waals surface area contributed by atoms with Crippen LogP contribution >= 0.6 is 0 Å². The lowest BCUT2D eigenvalue weighted by Gasteiger charge is -2.29. The van der Waals surface area contributed by atoms with Crippen molar-refractivity contribution in [3.8, 4) is 33.8 Å². The minimum absolute atomic E-state index is 0.0218. The molecule has 4 heteroatoms. The summed E-state index contributed by atoms with van der Waals surface area (Å²) in [6.07, 6.45) is 13.6. The van der Waals surface area contributed by atoms with E-state index in [1.807, 2.05) is 55.1 Å². The van der Waals surface area contributed by atoms with Gasteiger partial charge in [0.2, 0.25) is 0 Å². The molecule has 1 unspecified atom stereocenters. The van der Waals surface area contributed by atoms with E-state index in [9.17, 15) is 0 Å². The highest BCUT2D eigenvalue weighted by atomic mass is 14.9. The summed E-state index contributed by atoms with van der Waals surface area (Å²) in [6.45, 7) is 0. The lowest BCUT2D eigenvalue weighted by atomic mass is 9.91. The normalized spacial score (nSPS) is 14.4. The third-order valence-corrected chi connectivity index (χ3v) is 8.02. The maximum absolute atomic E-state index is 4.84. The van der Waals surface area contributed by atoms with E-state index in [1.165, 1.54) is 32.3 Å². The number of rotatable bonds is 4. The number of aromatic nitrogens is 3. The molecule has 0 spiro atoms. The van der Waals surface area contributed by atoms with Crippen LogP contribution < -0.4 is 0 Å². The van der Waals surface area contributed by atoms with Gasteiger partial charge >= 0.3 is 0 Å². The van der Waals surface area contributed by atoms with Crippen molar-refractivity contribution in [3.63, 3.8) is 0 Å². The largest absolute Gasteiger partial charge is 0.681 e. The van der Waals surface area contributed by atoms with E-state index in [0.717, 1.165) is 39.3 Å². The van der Waals surface area contributed by atoms with Crippen LogP contribution in [0, 0.1) is 0 Å². The van der Waals surface area contributed by atoms with Crippen molar-refractivity contribution in [2.45, 2.75) is 6.04 Å². The smallest absolute Gasteiger partial charge is 0.0717 e. The number of benzene rings is 4. The minimum atomic E-state index is 0.0218. The van der Waals surface area contributed by atoms with Gasteiger partial charge in [-0.1, -0.05) is 84.9 Å². The zero-order valence-corrected chi connectivity index (χ0v) is 22.7. The molecule has 1 aliphatic heterocycles. The Morgan fingerprint density at radius 2 is 1.10 bits per heavy atom. The van der Waals surface area contributed by atoms with Gasteiger partial charge in [-0.3, -0.25) is 15.0 Å². The highest BCUT2D eigenvalue weighted by Crippen LogP contribution is 2.39. The van der Waals surface area contributed by atoms with Gasteiger partial charge in [0.1, 0.15) is 0 Å². The predicted octanol–water partition coefficient (Wildman–Crippen LogP) is 9.83. The SMILES string of the molecule is C1=C[N-]C(c2ccc(-c3ccc4c5ccccc5c5ccc(-c6ccc(-c7ccccn7)cn6)cc5c4c3)nc2)C=C1. The first kappa shape index (κ1) is 24.2. The van der Waals surface area contributed by atoms with Gasteiger partial charge in [-0.05, 0) is 80.3 Å². The van der Waals surface area contributed by atoms with Crippen LogP contribution in [0.2, 0.25) is 0 Å². The van der Waals surface area contributed by atoms with Crippen molar-refractivity contribution >= 4 is 32.3 Å². The number of nitrogens with zero attached hydrogens (tertiary/aromatic N) is 4. The van der Waals surface area contributed by atoms with Crippen molar-refractivity contribution in [2.75, 3.05) is 0 Å². The van der Waals surface area contributed by atoms with Crippen molar-refractivity contribution in [2.24, 2.45) is 0 Å². The first-order valence-electron chi connectivity index (χ1n) is 14.1. The van der Waals surface area contributed by atoms with Gasteiger partial charge in [0.15, 0.2) is 0 Å². The quantitative estimate of drug-likeness (QED) is 0.210. The van der Waals surface area contributed by atoms with E-state index in [0.29, 0.717) is 0 Å². The monoisotopic (exact) mass is 537 g/mol. The molecular formula is C38H25N4-.